The van der Waals surface area contributed by atoms with Gasteiger partial charge >= 0.3 is 0 Å². The Hall–Kier alpha value is -2.30. The van der Waals surface area contributed by atoms with Gasteiger partial charge in [-0.05, 0) is 26.0 Å². The van der Waals surface area contributed by atoms with Crippen LogP contribution in [0, 0.1) is 6.92 Å². The van der Waals surface area contributed by atoms with E-state index in [1.54, 1.807) is 17.9 Å². The van der Waals surface area contributed by atoms with Crippen LogP contribution in [0.4, 0.5) is 5.69 Å². The molecule has 1 aromatic heterocycles. The molecular weight excluding hydrogens is 244 g/mol. The van der Waals surface area contributed by atoms with Gasteiger partial charge in [0.2, 0.25) is 5.76 Å². The van der Waals surface area contributed by atoms with E-state index in [2.05, 4.69) is 5.16 Å². The largest absolute Gasteiger partial charge is 0.487 e. The van der Waals surface area contributed by atoms with Gasteiger partial charge in [-0.15, -0.1) is 0 Å². The molecule has 1 aromatic carbocycles. The highest BCUT2D eigenvalue weighted by atomic mass is 16.5. The maximum atomic E-state index is 12.5. The predicted octanol–water partition coefficient (Wildman–Crippen LogP) is 2.41. The van der Waals surface area contributed by atoms with Crippen molar-refractivity contribution in [3.8, 4) is 5.75 Å². The van der Waals surface area contributed by atoms with Crippen molar-refractivity contribution < 1.29 is 14.1 Å². The van der Waals surface area contributed by atoms with Gasteiger partial charge < -0.3 is 9.26 Å². The molecule has 0 spiro atoms. The average Bonchev–Trinajstić information content (AvgIpc) is 2.83. The number of hydrogen-bond donors (Lipinski definition) is 0. The van der Waals surface area contributed by atoms with Crippen molar-refractivity contribution in [1.82, 2.24) is 5.16 Å². The number of aryl methyl sites for hydroxylation is 1. The van der Waals surface area contributed by atoms with Crippen molar-refractivity contribution in [2.75, 3.05) is 11.4 Å². The minimum atomic E-state index is -0.191. The second kappa shape index (κ2) is 4.42. The quantitative estimate of drug-likeness (QED) is 0.788. The van der Waals surface area contributed by atoms with Gasteiger partial charge in [0.25, 0.3) is 5.91 Å². The van der Waals surface area contributed by atoms with Gasteiger partial charge in [-0.25, -0.2) is 0 Å². The van der Waals surface area contributed by atoms with Gasteiger partial charge in [-0.2, -0.15) is 0 Å². The molecule has 0 bridgehead atoms. The minimum Gasteiger partial charge on any atom is -0.487 e. The summed E-state index contributed by atoms with van der Waals surface area (Å²) in [4.78, 5) is 14.1. The topological polar surface area (TPSA) is 55.6 Å². The highest BCUT2D eigenvalue weighted by Crippen LogP contribution is 2.33. The first-order valence-electron chi connectivity index (χ1n) is 6.16. The fraction of sp³-hybridized carbons (Fsp3) is 0.286. The maximum Gasteiger partial charge on any atom is 0.297 e. The number of para-hydroxylation sites is 2. The number of carbonyl (C=O) groups is 1. The van der Waals surface area contributed by atoms with Crippen molar-refractivity contribution in [3.63, 3.8) is 0 Å². The summed E-state index contributed by atoms with van der Waals surface area (Å²) in [6, 6.07) is 9.13. The molecule has 0 saturated carbocycles. The summed E-state index contributed by atoms with van der Waals surface area (Å²) >= 11 is 0. The molecule has 1 amide bonds. The number of aromatic nitrogens is 1. The Kier molecular flexibility index (Phi) is 2.74. The van der Waals surface area contributed by atoms with Gasteiger partial charge in [0.1, 0.15) is 11.9 Å². The standard InChI is InChI=1S/C14H14N2O3/c1-9-7-13(19-15-9)14(17)16-8-10(2)18-12-6-4-3-5-11(12)16/h3-7,10H,8H2,1-2H3/t10-/m0/s1. The molecule has 1 atom stereocenters. The summed E-state index contributed by atoms with van der Waals surface area (Å²) in [7, 11) is 0. The van der Waals surface area contributed by atoms with E-state index in [1.165, 1.54) is 0 Å². The summed E-state index contributed by atoms with van der Waals surface area (Å²) in [5, 5.41) is 3.75. The van der Waals surface area contributed by atoms with E-state index >= 15 is 0 Å². The number of ether oxygens (including phenoxy) is 1. The molecule has 5 heteroatoms. The number of nitrogens with zero attached hydrogens (tertiary/aromatic N) is 2. The van der Waals surface area contributed by atoms with Gasteiger partial charge in [-0.3, -0.25) is 9.69 Å². The SMILES string of the molecule is Cc1cc(C(=O)N2C[C@H](C)Oc3ccccc32)on1. The number of benzene rings is 1. The smallest absolute Gasteiger partial charge is 0.297 e. The van der Waals surface area contributed by atoms with Crippen LogP contribution in [-0.2, 0) is 0 Å². The van der Waals surface area contributed by atoms with Gasteiger partial charge in [0.05, 0.1) is 17.9 Å². The normalized spacial score (nSPS) is 17.8. The van der Waals surface area contributed by atoms with Crippen LogP contribution in [0.25, 0.3) is 0 Å². The van der Waals surface area contributed by atoms with Crippen molar-refractivity contribution in [1.29, 1.82) is 0 Å². The first kappa shape index (κ1) is 11.8. The fourth-order valence-corrected chi connectivity index (χ4v) is 2.18. The highest BCUT2D eigenvalue weighted by molar-refractivity contribution is 6.05. The summed E-state index contributed by atoms with van der Waals surface area (Å²) in [5.41, 5.74) is 1.46. The highest BCUT2D eigenvalue weighted by Gasteiger charge is 2.29. The van der Waals surface area contributed by atoms with E-state index in [1.807, 2.05) is 31.2 Å². The Labute approximate surface area is 110 Å². The van der Waals surface area contributed by atoms with Crippen LogP contribution >= 0.6 is 0 Å². The zero-order chi connectivity index (χ0) is 13.4. The molecule has 0 fully saturated rings. The van der Waals surface area contributed by atoms with E-state index in [4.69, 9.17) is 9.26 Å². The molecule has 98 valence electrons. The third kappa shape index (κ3) is 2.07. The second-order valence-corrected chi connectivity index (χ2v) is 4.64. The number of rotatable bonds is 1. The summed E-state index contributed by atoms with van der Waals surface area (Å²) in [6.07, 6.45) is -0.0529. The van der Waals surface area contributed by atoms with E-state index < -0.39 is 0 Å². The number of fused-ring (bicyclic) bond motifs is 1. The molecule has 19 heavy (non-hydrogen) atoms. The first-order chi connectivity index (χ1) is 9.15. The zero-order valence-electron chi connectivity index (χ0n) is 10.8. The number of amides is 1. The molecule has 0 aliphatic carbocycles. The first-order valence-corrected chi connectivity index (χ1v) is 6.16. The summed E-state index contributed by atoms with van der Waals surface area (Å²) in [5.74, 6) is 0.774. The van der Waals surface area contributed by atoms with Crippen LogP contribution in [0.1, 0.15) is 23.2 Å². The summed E-state index contributed by atoms with van der Waals surface area (Å²) < 4.78 is 10.8. The van der Waals surface area contributed by atoms with Crippen LogP contribution < -0.4 is 9.64 Å². The van der Waals surface area contributed by atoms with Crippen molar-refractivity contribution >= 4 is 11.6 Å². The predicted molar refractivity (Wildman–Crippen MR) is 69.4 cm³/mol. The average molecular weight is 258 g/mol. The Bertz CT molecular complexity index is 621. The molecule has 0 saturated heterocycles. The van der Waals surface area contributed by atoms with Gasteiger partial charge in [0.15, 0.2) is 0 Å². The molecule has 3 rings (SSSR count). The van der Waals surface area contributed by atoms with E-state index in [9.17, 15) is 4.79 Å². The Morgan fingerprint density at radius 1 is 1.42 bits per heavy atom. The Balaban J connectivity index is 1.99. The maximum absolute atomic E-state index is 12.5. The molecule has 0 radical (unpaired) electrons. The van der Waals surface area contributed by atoms with Gasteiger partial charge in [0, 0.05) is 6.07 Å². The fourth-order valence-electron chi connectivity index (χ4n) is 2.18. The van der Waals surface area contributed by atoms with Gasteiger partial charge in [-0.1, -0.05) is 17.3 Å². The van der Waals surface area contributed by atoms with E-state index in [0.29, 0.717) is 18.0 Å². The van der Waals surface area contributed by atoms with E-state index in [-0.39, 0.29) is 17.8 Å². The lowest BCUT2D eigenvalue weighted by atomic mass is 10.2. The lowest BCUT2D eigenvalue weighted by molar-refractivity contribution is 0.0925. The van der Waals surface area contributed by atoms with Crippen LogP contribution in [0.3, 0.4) is 0 Å². The number of hydrogen-bond acceptors (Lipinski definition) is 4. The summed E-state index contributed by atoms with van der Waals surface area (Å²) in [6.45, 7) is 4.22. The number of carbonyl (C=O) groups excluding carboxylic acids is 1. The molecule has 2 aromatic rings. The molecule has 1 aliphatic rings. The monoisotopic (exact) mass is 258 g/mol. The molecular formula is C14H14N2O3. The van der Waals surface area contributed by atoms with Crippen molar-refractivity contribution in [3.05, 3.63) is 41.8 Å². The molecule has 0 unspecified atom stereocenters. The molecule has 5 nitrogen and oxygen atoms in total. The van der Waals surface area contributed by atoms with E-state index in [0.717, 1.165) is 5.69 Å². The van der Waals surface area contributed by atoms with Crippen molar-refractivity contribution in [2.45, 2.75) is 20.0 Å². The van der Waals surface area contributed by atoms with Crippen LogP contribution in [0.2, 0.25) is 0 Å². The molecule has 0 N–H and O–H groups in total. The third-order valence-corrected chi connectivity index (χ3v) is 3.01. The van der Waals surface area contributed by atoms with Crippen LogP contribution in [-0.4, -0.2) is 23.7 Å². The molecule has 2 heterocycles. The van der Waals surface area contributed by atoms with Crippen LogP contribution in [0.5, 0.6) is 5.75 Å². The second-order valence-electron chi connectivity index (χ2n) is 4.64. The minimum absolute atomic E-state index is 0.0529. The Morgan fingerprint density at radius 3 is 2.95 bits per heavy atom. The lowest BCUT2D eigenvalue weighted by Gasteiger charge is -2.32. The third-order valence-electron chi connectivity index (χ3n) is 3.01. The van der Waals surface area contributed by atoms with Crippen LogP contribution in [0.15, 0.2) is 34.9 Å². The zero-order valence-corrected chi connectivity index (χ0v) is 10.8. The lowest BCUT2D eigenvalue weighted by Crippen LogP contribution is -2.42. The number of anilines is 1. The Morgan fingerprint density at radius 2 is 2.21 bits per heavy atom. The van der Waals surface area contributed by atoms with Crippen molar-refractivity contribution in [2.24, 2.45) is 0 Å². The molecule has 1 aliphatic heterocycles.